The molecule has 142 valence electrons. The van der Waals surface area contributed by atoms with Crippen molar-refractivity contribution in [2.45, 2.75) is 33.2 Å². The first-order chi connectivity index (χ1) is 12.8. The highest BCUT2D eigenvalue weighted by Gasteiger charge is 2.32. The number of amides is 2. The van der Waals surface area contributed by atoms with Crippen LogP contribution in [0.15, 0.2) is 36.4 Å². The topological polar surface area (TPSA) is 49.9 Å². The van der Waals surface area contributed by atoms with Crippen LogP contribution >= 0.6 is 11.6 Å². The molecular formula is C21H23ClN2O3. The molecule has 1 unspecified atom stereocenters. The van der Waals surface area contributed by atoms with Crippen molar-refractivity contribution in [3.63, 3.8) is 0 Å². The number of hydrogen-bond donors (Lipinski definition) is 0. The van der Waals surface area contributed by atoms with Crippen LogP contribution in [0, 0.1) is 6.92 Å². The van der Waals surface area contributed by atoms with Crippen molar-refractivity contribution < 1.29 is 14.3 Å². The molecule has 0 spiro atoms. The predicted octanol–water partition coefficient (Wildman–Crippen LogP) is 3.99. The first-order valence-electron chi connectivity index (χ1n) is 8.85. The first kappa shape index (κ1) is 19.2. The largest absolute Gasteiger partial charge is 0.495 e. The normalized spacial score (nSPS) is 15.4. The lowest BCUT2D eigenvalue weighted by atomic mass is 10.1. The summed E-state index contributed by atoms with van der Waals surface area (Å²) in [5, 5.41) is 0.549. The molecule has 2 amide bonds. The molecule has 0 fully saturated rings. The molecule has 0 aromatic heterocycles. The highest BCUT2D eigenvalue weighted by Crippen LogP contribution is 2.35. The third-order valence-corrected chi connectivity index (χ3v) is 5.31. The van der Waals surface area contributed by atoms with Gasteiger partial charge in [0.2, 0.25) is 11.8 Å². The fourth-order valence-corrected chi connectivity index (χ4v) is 3.70. The quantitative estimate of drug-likeness (QED) is 0.798. The van der Waals surface area contributed by atoms with E-state index in [0.717, 1.165) is 23.2 Å². The molecule has 0 saturated carbocycles. The summed E-state index contributed by atoms with van der Waals surface area (Å²) < 4.78 is 5.39. The highest BCUT2D eigenvalue weighted by molar-refractivity contribution is 6.31. The van der Waals surface area contributed by atoms with Crippen molar-refractivity contribution in [1.82, 2.24) is 0 Å². The van der Waals surface area contributed by atoms with Crippen molar-refractivity contribution in [1.29, 1.82) is 0 Å². The molecule has 6 heteroatoms. The van der Waals surface area contributed by atoms with Crippen LogP contribution in [-0.2, 0) is 16.0 Å². The molecule has 1 aliphatic rings. The summed E-state index contributed by atoms with van der Waals surface area (Å²) >= 11 is 6.17. The SMILES string of the molecule is COc1cc(Cl)c(C)cc1N(CC(=O)N1c2ccccc2CC1C)C(C)=O. The van der Waals surface area contributed by atoms with Gasteiger partial charge in [0.25, 0.3) is 0 Å². The van der Waals surface area contributed by atoms with Gasteiger partial charge in [-0.05, 0) is 43.5 Å². The Hall–Kier alpha value is -2.53. The molecule has 0 radical (unpaired) electrons. The summed E-state index contributed by atoms with van der Waals surface area (Å²) in [5.74, 6) is 0.101. The predicted molar refractivity (Wildman–Crippen MR) is 108 cm³/mol. The summed E-state index contributed by atoms with van der Waals surface area (Å²) in [6.45, 7) is 5.25. The Bertz CT molecular complexity index is 897. The van der Waals surface area contributed by atoms with Gasteiger partial charge in [0.15, 0.2) is 0 Å². The number of methoxy groups -OCH3 is 1. The van der Waals surface area contributed by atoms with Gasteiger partial charge in [-0.3, -0.25) is 14.5 Å². The molecule has 0 N–H and O–H groups in total. The molecule has 2 aromatic rings. The molecule has 2 aromatic carbocycles. The minimum atomic E-state index is -0.233. The zero-order chi connectivity index (χ0) is 19.7. The number of ether oxygens (including phenoxy) is 1. The third kappa shape index (κ3) is 3.65. The second kappa shape index (κ2) is 7.61. The molecule has 5 nitrogen and oxygen atoms in total. The van der Waals surface area contributed by atoms with Gasteiger partial charge in [0, 0.05) is 29.7 Å². The molecule has 0 aliphatic carbocycles. The summed E-state index contributed by atoms with van der Waals surface area (Å²) in [5.41, 5.74) is 3.41. The standard InChI is InChI=1S/C21H23ClN2O3/c1-13-9-19(20(27-4)11-17(13)22)23(15(3)25)12-21(26)24-14(2)10-16-7-5-6-8-18(16)24/h5-9,11,14H,10,12H2,1-4H3. The van der Waals surface area contributed by atoms with E-state index < -0.39 is 0 Å². The average Bonchev–Trinajstić information content (AvgIpc) is 2.97. The van der Waals surface area contributed by atoms with Crippen LogP contribution in [0.2, 0.25) is 5.02 Å². The third-order valence-electron chi connectivity index (χ3n) is 4.90. The molecule has 1 atom stereocenters. The van der Waals surface area contributed by atoms with Crippen LogP contribution in [0.25, 0.3) is 0 Å². The van der Waals surface area contributed by atoms with Gasteiger partial charge in [-0.2, -0.15) is 0 Å². The Morgan fingerprint density at radius 1 is 1.30 bits per heavy atom. The van der Waals surface area contributed by atoms with Gasteiger partial charge < -0.3 is 9.64 Å². The molecule has 0 saturated heterocycles. The van der Waals surface area contributed by atoms with Crippen molar-refractivity contribution in [3.05, 3.63) is 52.5 Å². The van der Waals surface area contributed by atoms with Crippen molar-refractivity contribution >= 4 is 34.8 Å². The first-order valence-corrected chi connectivity index (χ1v) is 9.23. The van der Waals surface area contributed by atoms with E-state index in [-0.39, 0.29) is 24.4 Å². The van der Waals surface area contributed by atoms with Crippen LogP contribution in [0.4, 0.5) is 11.4 Å². The minimum Gasteiger partial charge on any atom is -0.495 e. The smallest absolute Gasteiger partial charge is 0.247 e. The van der Waals surface area contributed by atoms with Crippen molar-refractivity contribution in [2.24, 2.45) is 0 Å². The van der Waals surface area contributed by atoms with Crippen molar-refractivity contribution in [2.75, 3.05) is 23.5 Å². The zero-order valence-corrected chi connectivity index (χ0v) is 16.7. The van der Waals surface area contributed by atoms with E-state index in [1.165, 1.54) is 18.9 Å². The van der Waals surface area contributed by atoms with Crippen LogP contribution < -0.4 is 14.5 Å². The number of fused-ring (bicyclic) bond motifs is 1. The Morgan fingerprint density at radius 2 is 2.00 bits per heavy atom. The van der Waals surface area contributed by atoms with E-state index in [9.17, 15) is 9.59 Å². The van der Waals surface area contributed by atoms with E-state index in [1.807, 2.05) is 38.1 Å². The van der Waals surface area contributed by atoms with Gasteiger partial charge in [-0.1, -0.05) is 29.8 Å². The van der Waals surface area contributed by atoms with Gasteiger partial charge >= 0.3 is 0 Å². The second-order valence-electron chi connectivity index (χ2n) is 6.82. The Kier molecular flexibility index (Phi) is 5.42. The molecular weight excluding hydrogens is 364 g/mol. The number of anilines is 2. The zero-order valence-electron chi connectivity index (χ0n) is 16.0. The maximum atomic E-state index is 13.1. The van der Waals surface area contributed by atoms with Crippen LogP contribution in [0.3, 0.4) is 0 Å². The van der Waals surface area contributed by atoms with E-state index >= 15 is 0 Å². The maximum absolute atomic E-state index is 13.1. The Balaban J connectivity index is 1.93. The number of aryl methyl sites for hydroxylation is 1. The number of nitrogens with zero attached hydrogens (tertiary/aromatic N) is 2. The Labute approximate surface area is 164 Å². The number of benzene rings is 2. The molecule has 3 rings (SSSR count). The van der Waals surface area contributed by atoms with E-state index in [4.69, 9.17) is 16.3 Å². The van der Waals surface area contributed by atoms with Crippen LogP contribution in [0.5, 0.6) is 5.75 Å². The summed E-state index contributed by atoms with van der Waals surface area (Å²) in [6, 6.07) is 11.4. The lowest BCUT2D eigenvalue weighted by Crippen LogP contribution is -2.44. The number of hydrogen-bond acceptors (Lipinski definition) is 3. The second-order valence-corrected chi connectivity index (χ2v) is 7.23. The van der Waals surface area contributed by atoms with E-state index in [0.29, 0.717) is 16.5 Å². The number of carbonyl (C=O) groups excluding carboxylic acids is 2. The number of rotatable bonds is 4. The number of halogens is 1. The molecule has 27 heavy (non-hydrogen) atoms. The monoisotopic (exact) mass is 386 g/mol. The Morgan fingerprint density at radius 3 is 2.67 bits per heavy atom. The lowest BCUT2D eigenvalue weighted by molar-refractivity contribution is -0.121. The molecule has 1 heterocycles. The maximum Gasteiger partial charge on any atom is 0.247 e. The highest BCUT2D eigenvalue weighted by atomic mass is 35.5. The van der Waals surface area contributed by atoms with E-state index in [2.05, 4.69) is 0 Å². The van der Waals surface area contributed by atoms with Gasteiger partial charge in [0.1, 0.15) is 12.3 Å². The molecule has 1 aliphatic heterocycles. The van der Waals surface area contributed by atoms with Gasteiger partial charge in [-0.25, -0.2) is 0 Å². The minimum absolute atomic E-state index is 0.0533. The fourth-order valence-electron chi connectivity index (χ4n) is 3.55. The average molecular weight is 387 g/mol. The summed E-state index contributed by atoms with van der Waals surface area (Å²) in [4.78, 5) is 28.7. The lowest BCUT2D eigenvalue weighted by Gasteiger charge is -2.28. The fraction of sp³-hybridized carbons (Fsp3) is 0.333. The summed E-state index contributed by atoms with van der Waals surface area (Å²) in [7, 11) is 1.52. The number of carbonyl (C=O) groups is 2. The van der Waals surface area contributed by atoms with E-state index in [1.54, 1.807) is 17.0 Å². The van der Waals surface area contributed by atoms with Crippen LogP contribution in [0.1, 0.15) is 25.0 Å². The number of para-hydroxylation sites is 1. The van der Waals surface area contributed by atoms with Gasteiger partial charge in [-0.15, -0.1) is 0 Å². The van der Waals surface area contributed by atoms with Gasteiger partial charge in [0.05, 0.1) is 12.8 Å². The summed E-state index contributed by atoms with van der Waals surface area (Å²) in [6.07, 6.45) is 0.811. The molecule has 0 bridgehead atoms. The van der Waals surface area contributed by atoms with Crippen molar-refractivity contribution in [3.8, 4) is 5.75 Å². The van der Waals surface area contributed by atoms with Crippen LogP contribution in [-0.4, -0.2) is 31.5 Å².